The molecule has 0 aromatic heterocycles. The number of hydrogen-bond donors (Lipinski definition) is 1. The first kappa shape index (κ1) is 10.7. The molecule has 62 valence electrons. The SMILES string of the molecule is CCC(I)C=C=N/C(C)=C\N. The van der Waals surface area contributed by atoms with Crippen LogP contribution in [0.5, 0.6) is 0 Å². The highest BCUT2D eigenvalue weighted by Gasteiger charge is 1.90. The number of halogens is 1. The first-order valence-corrected chi connectivity index (χ1v) is 4.77. The molecule has 0 saturated heterocycles. The van der Waals surface area contributed by atoms with Crippen molar-refractivity contribution in [2.75, 3.05) is 0 Å². The highest BCUT2D eigenvalue weighted by Crippen LogP contribution is 2.04. The van der Waals surface area contributed by atoms with E-state index in [0.29, 0.717) is 3.92 Å². The van der Waals surface area contributed by atoms with Crippen LogP contribution < -0.4 is 5.73 Å². The van der Waals surface area contributed by atoms with Gasteiger partial charge in [-0.25, -0.2) is 4.99 Å². The third-order valence-corrected chi connectivity index (χ3v) is 2.37. The van der Waals surface area contributed by atoms with Crippen molar-refractivity contribution in [1.29, 1.82) is 0 Å². The Kier molecular flexibility index (Phi) is 6.27. The predicted molar refractivity (Wildman–Crippen MR) is 58.0 cm³/mol. The number of rotatable bonds is 3. The highest BCUT2D eigenvalue weighted by atomic mass is 127. The fourth-order valence-electron chi connectivity index (χ4n) is 0.375. The quantitative estimate of drug-likeness (QED) is 0.474. The lowest BCUT2D eigenvalue weighted by Gasteiger charge is -1.92. The first-order chi connectivity index (χ1) is 5.20. The molecule has 11 heavy (non-hydrogen) atoms. The molecular weight excluding hydrogens is 251 g/mol. The molecule has 0 aromatic carbocycles. The van der Waals surface area contributed by atoms with Crippen molar-refractivity contribution in [1.82, 2.24) is 0 Å². The van der Waals surface area contributed by atoms with Crippen LogP contribution in [0.1, 0.15) is 20.3 Å². The Labute approximate surface area is 81.4 Å². The molecule has 3 heteroatoms. The van der Waals surface area contributed by atoms with Crippen LogP contribution in [0, 0.1) is 0 Å². The summed E-state index contributed by atoms with van der Waals surface area (Å²) in [4.78, 5) is 3.96. The van der Waals surface area contributed by atoms with Crippen molar-refractivity contribution < 1.29 is 0 Å². The lowest BCUT2D eigenvalue weighted by molar-refractivity contribution is 1.01. The summed E-state index contributed by atoms with van der Waals surface area (Å²) >= 11 is 2.34. The highest BCUT2D eigenvalue weighted by molar-refractivity contribution is 14.1. The van der Waals surface area contributed by atoms with Gasteiger partial charge in [0.05, 0.1) is 5.70 Å². The number of hydrogen-bond acceptors (Lipinski definition) is 2. The van der Waals surface area contributed by atoms with Gasteiger partial charge in [-0.2, -0.15) is 0 Å². The van der Waals surface area contributed by atoms with Gasteiger partial charge in [-0.05, 0) is 25.3 Å². The van der Waals surface area contributed by atoms with Gasteiger partial charge < -0.3 is 5.73 Å². The maximum Gasteiger partial charge on any atom is 0.0626 e. The number of aliphatic imine (C=N–C) groups is 1. The van der Waals surface area contributed by atoms with E-state index in [1.54, 1.807) is 0 Å². The summed E-state index contributed by atoms with van der Waals surface area (Å²) < 4.78 is 0.516. The van der Waals surface area contributed by atoms with E-state index < -0.39 is 0 Å². The minimum atomic E-state index is 0.516. The molecule has 0 rings (SSSR count). The van der Waals surface area contributed by atoms with Crippen LogP contribution >= 0.6 is 22.6 Å². The second-order valence-electron chi connectivity index (χ2n) is 2.14. The van der Waals surface area contributed by atoms with E-state index in [9.17, 15) is 0 Å². The summed E-state index contributed by atoms with van der Waals surface area (Å²) in [5.41, 5.74) is 6.00. The zero-order chi connectivity index (χ0) is 8.69. The molecule has 1 unspecified atom stereocenters. The lowest BCUT2D eigenvalue weighted by atomic mass is 10.3. The lowest BCUT2D eigenvalue weighted by Crippen LogP contribution is -1.87. The van der Waals surface area contributed by atoms with E-state index in [-0.39, 0.29) is 0 Å². The standard InChI is InChI=1S/C8H13IN2/c1-3-8(9)4-5-11-7(2)6-10/h4,6,8H,3,10H2,1-2H3/b7-6-. The Balaban J connectivity index is 4.00. The third kappa shape index (κ3) is 6.13. The molecule has 0 radical (unpaired) electrons. The Morgan fingerprint density at radius 3 is 2.91 bits per heavy atom. The molecule has 0 bridgehead atoms. The van der Waals surface area contributed by atoms with Gasteiger partial charge in [0, 0.05) is 10.1 Å². The van der Waals surface area contributed by atoms with E-state index in [2.05, 4.69) is 40.4 Å². The van der Waals surface area contributed by atoms with Gasteiger partial charge in [0.2, 0.25) is 0 Å². The maximum atomic E-state index is 5.21. The molecule has 0 fully saturated rings. The summed E-state index contributed by atoms with van der Waals surface area (Å²) in [6, 6.07) is 0. The van der Waals surface area contributed by atoms with Gasteiger partial charge in [0.15, 0.2) is 0 Å². The van der Waals surface area contributed by atoms with Crippen LogP contribution in [0.3, 0.4) is 0 Å². The largest absolute Gasteiger partial charge is 0.403 e. The van der Waals surface area contributed by atoms with Crippen molar-refractivity contribution in [3.05, 3.63) is 18.0 Å². The van der Waals surface area contributed by atoms with Crippen molar-refractivity contribution >= 4 is 28.5 Å². The Morgan fingerprint density at radius 2 is 2.45 bits per heavy atom. The number of nitrogens with two attached hydrogens (primary N) is 1. The average Bonchev–Trinajstić information content (AvgIpc) is 2.04. The van der Waals surface area contributed by atoms with E-state index in [4.69, 9.17) is 5.73 Å². The molecule has 0 saturated carbocycles. The second kappa shape index (κ2) is 6.43. The summed E-state index contributed by atoms with van der Waals surface area (Å²) in [5, 5.41) is 0. The van der Waals surface area contributed by atoms with Crippen LogP contribution in [0.4, 0.5) is 0 Å². The molecule has 0 aliphatic rings. The molecule has 0 aliphatic carbocycles. The van der Waals surface area contributed by atoms with Gasteiger partial charge >= 0.3 is 0 Å². The number of alkyl halides is 1. The average molecular weight is 264 g/mol. The Morgan fingerprint density at radius 1 is 1.82 bits per heavy atom. The summed E-state index contributed by atoms with van der Waals surface area (Å²) in [7, 11) is 0. The minimum absolute atomic E-state index is 0.516. The molecule has 2 nitrogen and oxygen atoms in total. The van der Waals surface area contributed by atoms with Crippen LogP contribution in [0.25, 0.3) is 0 Å². The van der Waals surface area contributed by atoms with Crippen LogP contribution in [0.2, 0.25) is 0 Å². The molecule has 0 spiro atoms. The van der Waals surface area contributed by atoms with E-state index >= 15 is 0 Å². The van der Waals surface area contributed by atoms with Gasteiger partial charge in [0.1, 0.15) is 0 Å². The Bertz CT molecular complexity index is 190. The van der Waals surface area contributed by atoms with E-state index in [1.165, 1.54) is 6.20 Å². The number of nitrogens with zero attached hydrogens (tertiary/aromatic N) is 1. The second-order valence-corrected chi connectivity index (χ2v) is 3.74. The summed E-state index contributed by atoms with van der Waals surface area (Å²) in [6.45, 7) is 3.97. The normalized spacial score (nSPS) is 13.5. The molecule has 0 amide bonds. The maximum absolute atomic E-state index is 5.21. The zero-order valence-electron chi connectivity index (χ0n) is 6.84. The summed E-state index contributed by atoms with van der Waals surface area (Å²) in [6.07, 6.45) is 4.51. The van der Waals surface area contributed by atoms with Crippen molar-refractivity contribution in [2.45, 2.75) is 24.2 Å². The van der Waals surface area contributed by atoms with Crippen LogP contribution in [-0.2, 0) is 0 Å². The van der Waals surface area contributed by atoms with Crippen LogP contribution in [-0.4, -0.2) is 9.79 Å². The van der Waals surface area contributed by atoms with Gasteiger partial charge in [-0.1, -0.05) is 29.5 Å². The van der Waals surface area contributed by atoms with Crippen LogP contribution in [0.15, 0.2) is 23.0 Å². The van der Waals surface area contributed by atoms with Gasteiger partial charge in [0.25, 0.3) is 0 Å². The summed E-state index contributed by atoms with van der Waals surface area (Å²) in [5.74, 6) is 2.83. The van der Waals surface area contributed by atoms with Crippen molar-refractivity contribution in [3.63, 3.8) is 0 Å². The topological polar surface area (TPSA) is 38.4 Å². The molecular formula is C8H13IN2. The number of allylic oxidation sites excluding steroid dienone is 2. The molecule has 0 aromatic rings. The van der Waals surface area contributed by atoms with Gasteiger partial charge in [-0.3, -0.25) is 0 Å². The molecule has 1 atom stereocenters. The fraction of sp³-hybridized carbons (Fsp3) is 0.500. The first-order valence-electron chi connectivity index (χ1n) is 3.52. The predicted octanol–water partition coefficient (Wildman–Crippen LogP) is 2.25. The van der Waals surface area contributed by atoms with E-state index in [1.807, 2.05) is 13.0 Å². The third-order valence-electron chi connectivity index (χ3n) is 1.13. The minimum Gasteiger partial charge on any atom is -0.403 e. The van der Waals surface area contributed by atoms with Crippen molar-refractivity contribution in [2.24, 2.45) is 10.7 Å². The fourth-order valence-corrected chi connectivity index (χ4v) is 0.536. The molecule has 0 aliphatic heterocycles. The zero-order valence-corrected chi connectivity index (χ0v) is 9.00. The smallest absolute Gasteiger partial charge is 0.0626 e. The monoisotopic (exact) mass is 264 g/mol. The Hall–Kier alpha value is -0.280. The van der Waals surface area contributed by atoms with Gasteiger partial charge in [-0.15, -0.1) is 0 Å². The van der Waals surface area contributed by atoms with E-state index in [0.717, 1.165) is 12.1 Å². The molecule has 0 heterocycles. The van der Waals surface area contributed by atoms with Crippen molar-refractivity contribution in [3.8, 4) is 0 Å². The molecule has 2 N–H and O–H groups in total.